The zero-order chi connectivity index (χ0) is 19.2. The molecule has 0 aliphatic carbocycles. The van der Waals surface area contributed by atoms with Crippen molar-refractivity contribution in [3.63, 3.8) is 0 Å². The van der Waals surface area contributed by atoms with E-state index in [1.54, 1.807) is 19.1 Å². The molecule has 0 aliphatic rings. The van der Waals surface area contributed by atoms with E-state index >= 15 is 0 Å². The van der Waals surface area contributed by atoms with E-state index in [2.05, 4.69) is 9.46 Å². The first-order chi connectivity index (χ1) is 12.3. The number of sulfonamides is 1. The van der Waals surface area contributed by atoms with Crippen LogP contribution in [0, 0.1) is 0 Å². The predicted octanol–water partition coefficient (Wildman–Crippen LogP) is 3.88. The average Bonchev–Trinajstić information content (AvgIpc) is 2.62. The summed E-state index contributed by atoms with van der Waals surface area (Å²) >= 11 is 5.80. The number of ether oxygens (including phenoxy) is 1. The van der Waals surface area contributed by atoms with Crippen molar-refractivity contribution >= 4 is 27.6 Å². The molecule has 0 fully saturated rings. The summed E-state index contributed by atoms with van der Waals surface area (Å²) in [5, 5.41) is 0.486. The van der Waals surface area contributed by atoms with Gasteiger partial charge in [-0.05, 0) is 55.2 Å². The molecule has 2 rings (SSSR count). The van der Waals surface area contributed by atoms with E-state index in [4.69, 9.17) is 11.6 Å². The quantitative estimate of drug-likeness (QED) is 0.688. The average molecular weight is 396 g/mol. The van der Waals surface area contributed by atoms with Crippen LogP contribution in [-0.2, 0) is 26.0 Å². The molecule has 0 heterocycles. The maximum atomic E-state index is 12.4. The van der Waals surface area contributed by atoms with Crippen LogP contribution in [0.1, 0.15) is 36.9 Å². The van der Waals surface area contributed by atoms with Gasteiger partial charge in [0.1, 0.15) is 0 Å². The molecule has 0 saturated carbocycles. The van der Waals surface area contributed by atoms with Crippen LogP contribution in [0.4, 0.5) is 0 Å². The highest BCUT2D eigenvalue weighted by atomic mass is 35.5. The summed E-state index contributed by atoms with van der Waals surface area (Å²) in [7, 11) is -2.24. The van der Waals surface area contributed by atoms with Gasteiger partial charge in [0.25, 0.3) is 0 Å². The summed E-state index contributed by atoms with van der Waals surface area (Å²) in [6.45, 7) is 1.79. The van der Waals surface area contributed by atoms with Crippen molar-refractivity contribution < 1.29 is 17.9 Å². The summed E-state index contributed by atoms with van der Waals surface area (Å²) < 4.78 is 32.1. The van der Waals surface area contributed by atoms with Crippen LogP contribution in [0.3, 0.4) is 0 Å². The minimum absolute atomic E-state index is 0.174. The third-order valence-electron chi connectivity index (χ3n) is 4.01. The Kier molecular flexibility index (Phi) is 7.20. The summed E-state index contributed by atoms with van der Waals surface area (Å²) in [6.07, 6.45) is 1.86. The lowest BCUT2D eigenvalue weighted by Gasteiger charge is -2.15. The number of hydrogen-bond donors (Lipinski definition) is 1. The van der Waals surface area contributed by atoms with E-state index < -0.39 is 10.0 Å². The number of aryl methyl sites for hydroxylation is 1. The molecule has 26 heavy (non-hydrogen) atoms. The zero-order valence-corrected chi connectivity index (χ0v) is 16.3. The monoisotopic (exact) mass is 395 g/mol. The molecule has 2 aromatic carbocycles. The van der Waals surface area contributed by atoms with E-state index in [-0.39, 0.29) is 16.9 Å². The number of carbonyl (C=O) groups is 1. The Bertz CT molecular complexity index is 833. The fourth-order valence-corrected chi connectivity index (χ4v) is 3.85. The molecule has 1 N–H and O–H groups in total. The number of esters is 1. The van der Waals surface area contributed by atoms with E-state index in [0.29, 0.717) is 17.9 Å². The van der Waals surface area contributed by atoms with Gasteiger partial charge in [0, 0.05) is 17.5 Å². The second-order valence-corrected chi connectivity index (χ2v) is 8.12. The molecule has 0 saturated heterocycles. The summed E-state index contributed by atoms with van der Waals surface area (Å²) in [5.74, 6) is -0.216. The second kappa shape index (κ2) is 9.16. The first kappa shape index (κ1) is 20.4. The van der Waals surface area contributed by atoms with Gasteiger partial charge < -0.3 is 4.74 Å². The predicted molar refractivity (Wildman–Crippen MR) is 102 cm³/mol. The van der Waals surface area contributed by atoms with Crippen molar-refractivity contribution in [1.82, 2.24) is 4.72 Å². The smallest absolute Gasteiger partial charge is 0.305 e. The van der Waals surface area contributed by atoms with Crippen molar-refractivity contribution in [3.05, 3.63) is 64.7 Å². The maximum Gasteiger partial charge on any atom is 0.305 e. The molecule has 0 aromatic heterocycles. The lowest BCUT2D eigenvalue weighted by molar-refractivity contribution is -0.140. The standard InChI is InChI=1S/C19H22ClNO4S/c1-14(21-26(23,24)18-12-10-17(20)11-13-18)16-8-6-15(7-9-16)4-3-5-19(22)25-2/h6-14,21H,3-5H2,1-2H3. The van der Waals surface area contributed by atoms with Crippen LogP contribution < -0.4 is 4.72 Å². The third kappa shape index (κ3) is 5.83. The van der Waals surface area contributed by atoms with Crippen LogP contribution in [0.5, 0.6) is 0 Å². The van der Waals surface area contributed by atoms with Gasteiger partial charge in [0.15, 0.2) is 0 Å². The second-order valence-electron chi connectivity index (χ2n) is 5.97. The van der Waals surface area contributed by atoms with Crippen LogP contribution >= 0.6 is 11.6 Å². The Morgan fingerprint density at radius 1 is 1.12 bits per heavy atom. The SMILES string of the molecule is COC(=O)CCCc1ccc(C(C)NS(=O)(=O)c2ccc(Cl)cc2)cc1. The third-order valence-corrected chi connectivity index (χ3v) is 5.82. The highest BCUT2D eigenvalue weighted by Gasteiger charge is 2.18. The van der Waals surface area contributed by atoms with Gasteiger partial charge in [-0.25, -0.2) is 13.1 Å². The molecular weight excluding hydrogens is 374 g/mol. The maximum absolute atomic E-state index is 12.4. The van der Waals surface area contributed by atoms with Gasteiger partial charge in [0.2, 0.25) is 10.0 Å². The number of rotatable bonds is 8. The number of halogens is 1. The summed E-state index contributed by atoms with van der Waals surface area (Å²) in [6, 6.07) is 13.3. The molecule has 7 heteroatoms. The molecule has 0 aliphatic heterocycles. The van der Waals surface area contributed by atoms with Crippen LogP contribution in [0.25, 0.3) is 0 Å². The molecule has 0 spiro atoms. The molecular formula is C19H22ClNO4S. The molecule has 0 amide bonds. The van der Waals surface area contributed by atoms with E-state index in [1.165, 1.54) is 19.2 Å². The summed E-state index contributed by atoms with van der Waals surface area (Å²) in [5.41, 5.74) is 1.95. The minimum atomic E-state index is -3.62. The number of nitrogens with one attached hydrogen (secondary N) is 1. The van der Waals surface area contributed by atoms with Crippen LogP contribution in [0.2, 0.25) is 5.02 Å². The first-order valence-electron chi connectivity index (χ1n) is 8.25. The molecule has 2 aromatic rings. The topological polar surface area (TPSA) is 72.5 Å². The van der Waals surface area contributed by atoms with Gasteiger partial charge in [-0.1, -0.05) is 35.9 Å². The van der Waals surface area contributed by atoms with Gasteiger partial charge in [-0.2, -0.15) is 0 Å². The highest BCUT2D eigenvalue weighted by Crippen LogP contribution is 2.19. The van der Waals surface area contributed by atoms with Crippen molar-refractivity contribution in [2.24, 2.45) is 0 Å². The Hall–Kier alpha value is -1.89. The van der Waals surface area contributed by atoms with E-state index in [1.807, 2.05) is 24.3 Å². The normalized spacial score (nSPS) is 12.6. The Morgan fingerprint density at radius 2 is 1.73 bits per heavy atom. The molecule has 1 unspecified atom stereocenters. The first-order valence-corrected chi connectivity index (χ1v) is 10.1. The molecule has 0 radical (unpaired) electrons. The van der Waals surface area contributed by atoms with Gasteiger partial charge >= 0.3 is 5.97 Å². The Labute approximate surface area is 159 Å². The number of benzene rings is 2. The fraction of sp³-hybridized carbons (Fsp3) is 0.316. The zero-order valence-electron chi connectivity index (χ0n) is 14.7. The molecule has 0 bridgehead atoms. The van der Waals surface area contributed by atoms with Crippen molar-refractivity contribution in [1.29, 1.82) is 0 Å². The fourth-order valence-electron chi connectivity index (χ4n) is 2.49. The van der Waals surface area contributed by atoms with Crippen molar-refractivity contribution in [2.45, 2.75) is 37.1 Å². The lowest BCUT2D eigenvalue weighted by atomic mass is 10.0. The number of methoxy groups -OCH3 is 1. The molecule has 140 valence electrons. The molecule has 1 atom stereocenters. The Balaban J connectivity index is 1.97. The lowest BCUT2D eigenvalue weighted by Crippen LogP contribution is -2.26. The largest absolute Gasteiger partial charge is 0.469 e. The summed E-state index contributed by atoms with van der Waals surface area (Å²) in [4.78, 5) is 11.3. The number of hydrogen-bond acceptors (Lipinski definition) is 4. The Morgan fingerprint density at radius 3 is 2.31 bits per heavy atom. The van der Waals surface area contributed by atoms with Gasteiger partial charge in [-0.15, -0.1) is 0 Å². The van der Waals surface area contributed by atoms with Gasteiger partial charge in [0.05, 0.1) is 12.0 Å². The van der Waals surface area contributed by atoms with E-state index in [0.717, 1.165) is 17.5 Å². The van der Waals surface area contributed by atoms with Crippen LogP contribution in [0.15, 0.2) is 53.4 Å². The van der Waals surface area contributed by atoms with E-state index in [9.17, 15) is 13.2 Å². The van der Waals surface area contributed by atoms with Crippen molar-refractivity contribution in [3.8, 4) is 0 Å². The van der Waals surface area contributed by atoms with Crippen molar-refractivity contribution in [2.75, 3.05) is 7.11 Å². The number of carbonyl (C=O) groups excluding carboxylic acids is 1. The highest BCUT2D eigenvalue weighted by molar-refractivity contribution is 7.89. The van der Waals surface area contributed by atoms with Gasteiger partial charge in [-0.3, -0.25) is 4.79 Å². The minimum Gasteiger partial charge on any atom is -0.469 e. The van der Waals surface area contributed by atoms with Crippen LogP contribution in [-0.4, -0.2) is 21.5 Å². The molecule has 5 nitrogen and oxygen atoms in total.